The summed E-state index contributed by atoms with van der Waals surface area (Å²) < 4.78 is 5.26. The lowest BCUT2D eigenvalue weighted by Gasteiger charge is -2.05. The molecule has 0 N–H and O–H groups in total. The predicted molar refractivity (Wildman–Crippen MR) is 58.2 cm³/mol. The third-order valence-electron chi connectivity index (χ3n) is 2.00. The van der Waals surface area contributed by atoms with Crippen molar-refractivity contribution in [2.45, 2.75) is 19.8 Å². The van der Waals surface area contributed by atoms with E-state index in [1.54, 1.807) is 19.1 Å². The number of nitrogens with zero attached hydrogens (tertiary/aromatic N) is 2. The molecule has 0 aliphatic carbocycles. The molecule has 0 unspecified atom stereocenters. The standard InChI is InChI=1S/C11H12N2O3/c1-9-4-5-11(10(8-9)13(14)15)16-7-3-2-6-12/h4-5,8H,2-3,7H2,1H3. The monoisotopic (exact) mass is 220 g/mol. The average molecular weight is 220 g/mol. The van der Waals surface area contributed by atoms with Gasteiger partial charge in [-0.3, -0.25) is 10.1 Å². The van der Waals surface area contributed by atoms with Crippen LogP contribution in [0.1, 0.15) is 18.4 Å². The molecular weight excluding hydrogens is 208 g/mol. The van der Waals surface area contributed by atoms with Crippen LogP contribution in [0.3, 0.4) is 0 Å². The first-order chi connectivity index (χ1) is 7.65. The number of rotatable bonds is 5. The zero-order chi connectivity index (χ0) is 12.0. The van der Waals surface area contributed by atoms with Crippen molar-refractivity contribution in [2.24, 2.45) is 0 Å². The van der Waals surface area contributed by atoms with Crippen molar-refractivity contribution < 1.29 is 9.66 Å². The Hall–Kier alpha value is -2.09. The first kappa shape index (κ1) is 12.0. The van der Waals surface area contributed by atoms with Gasteiger partial charge < -0.3 is 4.74 Å². The van der Waals surface area contributed by atoms with Gasteiger partial charge in [-0.15, -0.1) is 0 Å². The van der Waals surface area contributed by atoms with Crippen molar-refractivity contribution in [2.75, 3.05) is 6.61 Å². The molecule has 0 aliphatic heterocycles. The molecule has 16 heavy (non-hydrogen) atoms. The topological polar surface area (TPSA) is 76.2 Å². The van der Waals surface area contributed by atoms with E-state index in [1.807, 2.05) is 6.07 Å². The summed E-state index contributed by atoms with van der Waals surface area (Å²) in [4.78, 5) is 10.3. The van der Waals surface area contributed by atoms with E-state index in [9.17, 15) is 10.1 Å². The predicted octanol–water partition coefficient (Wildman–Crippen LogP) is 2.59. The minimum Gasteiger partial charge on any atom is -0.487 e. The van der Waals surface area contributed by atoms with Gasteiger partial charge in [-0.05, 0) is 25.0 Å². The van der Waals surface area contributed by atoms with E-state index in [1.165, 1.54) is 6.07 Å². The molecule has 5 nitrogen and oxygen atoms in total. The van der Waals surface area contributed by atoms with Crippen molar-refractivity contribution in [3.63, 3.8) is 0 Å². The fourth-order valence-electron chi connectivity index (χ4n) is 1.23. The maximum atomic E-state index is 10.7. The summed E-state index contributed by atoms with van der Waals surface area (Å²) in [7, 11) is 0. The molecule has 0 amide bonds. The van der Waals surface area contributed by atoms with Crippen molar-refractivity contribution >= 4 is 5.69 Å². The fourth-order valence-corrected chi connectivity index (χ4v) is 1.23. The molecule has 0 spiro atoms. The van der Waals surface area contributed by atoms with Crippen LogP contribution in [-0.4, -0.2) is 11.5 Å². The number of unbranched alkanes of at least 4 members (excludes halogenated alkanes) is 1. The Bertz CT molecular complexity index is 424. The molecule has 0 saturated heterocycles. The Balaban J connectivity index is 2.72. The molecule has 0 bridgehead atoms. The first-order valence-corrected chi connectivity index (χ1v) is 4.90. The van der Waals surface area contributed by atoms with Gasteiger partial charge in [0.15, 0.2) is 5.75 Å². The van der Waals surface area contributed by atoms with E-state index in [4.69, 9.17) is 10.00 Å². The fraction of sp³-hybridized carbons (Fsp3) is 0.364. The van der Waals surface area contributed by atoms with E-state index in [0.29, 0.717) is 19.4 Å². The molecule has 0 aliphatic rings. The van der Waals surface area contributed by atoms with Crippen LogP contribution >= 0.6 is 0 Å². The minimum atomic E-state index is -0.466. The van der Waals surface area contributed by atoms with Gasteiger partial charge in [-0.25, -0.2) is 0 Å². The van der Waals surface area contributed by atoms with Crippen LogP contribution < -0.4 is 4.74 Å². The van der Waals surface area contributed by atoms with Gasteiger partial charge in [-0.2, -0.15) is 5.26 Å². The molecule has 0 radical (unpaired) electrons. The summed E-state index contributed by atoms with van der Waals surface area (Å²) in [5, 5.41) is 19.1. The Morgan fingerprint density at radius 3 is 2.94 bits per heavy atom. The number of ether oxygens (including phenoxy) is 1. The number of nitro groups is 1. The van der Waals surface area contributed by atoms with Crippen molar-refractivity contribution in [3.05, 3.63) is 33.9 Å². The zero-order valence-electron chi connectivity index (χ0n) is 8.97. The number of benzene rings is 1. The van der Waals surface area contributed by atoms with Gasteiger partial charge in [-0.1, -0.05) is 6.07 Å². The highest BCUT2D eigenvalue weighted by atomic mass is 16.6. The lowest BCUT2D eigenvalue weighted by Crippen LogP contribution is -2.00. The molecular formula is C11H12N2O3. The summed E-state index contributed by atoms with van der Waals surface area (Å²) >= 11 is 0. The second kappa shape index (κ2) is 5.71. The minimum absolute atomic E-state index is 0.0306. The van der Waals surface area contributed by atoms with Crippen LogP contribution in [0, 0.1) is 28.4 Å². The van der Waals surface area contributed by atoms with Gasteiger partial charge in [0.25, 0.3) is 0 Å². The molecule has 1 aromatic carbocycles. The molecule has 0 aromatic heterocycles. The van der Waals surface area contributed by atoms with Gasteiger partial charge in [0.1, 0.15) is 0 Å². The van der Waals surface area contributed by atoms with Crippen LogP contribution in [0.15, 0.2) is 18.2 Å². The average Bonchev–Trinajstić information content (AvgIpc) is 2.26. The number of hydrogen-bond acceptors (Lipinski definition) is 4. The van der Waals surface area contributed by atoms with Gasteiger partial charge in [0.05, 0.1) is 17.6 Å². The van der Waals surface area contributed by atoms with E-state index in [-0.39, 0.29) is 11.4 Å². The smallest absolute Gasteiger partial charge is 0.311 e. The third-order valence-corrected chi connectivity index (χ3v) is 2.00. The molecule has 0 atom stereocenters. The number of hydrogen-bond donors (Lipinski definition) is 0. The van der Waals surface area contributed by atoms with E-state index in [2.05, 4.69) is 0 Å². The van der Waals surface area contributed by atoms with Crippen LogP contribution in [0.2, 0.25) is 0 Å². The second-order valence-corrected chi connectivity index (χ2v) is 3.34. The van der Waals surface area contributed by atoms with E-state index in [0.717, 1.165) is 5.56 Å². The highest BCUT2D eigenvalue weighted by Gasteiger charge is 2.14. The van der Waals surface area contributed by atoms with Gasteiger partial charge in [0.2, 0.25) is 0 Å². The van der Waals surface area contributed by atoms with Crippen molar-refractivity contribution in [3.8, 4) is 11.8 Å². The molecule has 1 aromatic rings. The molecule has 84 valence electrons. The molecule has 1 rings (SSSR count). The second-order valence-electron chi connectivity index (χ2n) is 3.34. The number of aryl methyl sites for hydroxylation is 1. The highest BCUT2D eigenvalue weighted by molar-refractivity contribution is 5.48. The summed E-state index contributed by atoms with van der Waals surface area (Å²) in [6.45, 7) is 2.10. The lowest BCUT2D eigenvalue weighted by molar-refractivity contribution is -0.385. The Morgan fingerprint density at radius 1 is 1.56 bits per heavy atom. The summed E-state index contributed by atoms with van der Waals surface area (Å²) in [6.07, 6.45) is 0.960. The van der Waals surface area contributed by atoms with Gasteiger partial charge >= 0.3 is 5.69 Å². The number of nitriles is 1. The van der Waals surface area contributed by atoms with Crippen LogP contribution in [0.5, 0.6) is 5.75 Å². The summed E-state index contributed by atoms with van der Waals surface area (Å²) in [5.41, 5.74) is 0.785. The first-order valence-electron chi connectivity index (χ1n) is 4.90. The largest absolute Gasteiger partial charge is 0.487 e. The maximum Gasteiger partial charge on any atom is 0.311 e. The number of nitro benzene ring substituents is 1. The summed E-state index contributed by atoms with van der Waals surface area (Å²) in [5.74, 6) is 0.258. The van der Waals surface area contributed by atoms with Crippen molar-refractivity contribution in [1.29, 1.82) is 5.26 Å². The molecule has 0 saturated carbocycles. The SMILES string of the molecule is Cc1ccc(OCCCC#N)c([N+](=O)[O-])c1. The highest BCUT2D eigenvalue weighted by Crippen LogP contribution is 2.27. The van der Waals surface area contributed by atoms with Crippen LogP contribution in [0.25, 0.3) is 0 Å². The molecule has 0 heterocycles. The molecule has 0 fully saturated rings. The quantitative estimate of drug-likeness (QED) is 0.434. The maximum absolute atomic E-state index is 10.7. The zero-order valence-corrected chi connectivity index (χ0v) is 8.97. The summed E-state index contributed by atoms with van der Waals surface area (Å²) in [6, 6.07) is 6.80. The third kappa shape index (κ3) is 3.24. The Labute approximate surface area is 93.4 Å². The Morgan fingerprint density at radius 2 is 2.31 bits per heavy atom. The lowest BCUT2D eigenvalue weighted by atomic mass is 10.2. The Kier molecular flexibility index (Phi) is 4.28. The molecule has 5 heteroatoms. The normalized spacial score (nSPS) is 9.50. The van der Waals surface area contributed by atoms with Gasteiger partial charge in [0, 0.05) is 12.5 Å². The van der Waals surface area contributed by atoms with Crippen LogP contribution in [0.4, 0.5) is 5.69 Å². The van der Waals surface area contributed by atoms with Crippen LogP contribution in [-0.2, 0) is 0 Å². The van der Waals surface area contributed by atoms with E-state index >= 15 is 0 Å². The van der Waals surface area contributed by atoms with E-state index < -0.39 is 4.92 Å². The van der Waals surface area contributed by atoms with Crippen molar-refractivity contribution in [1.82, 2.24) is 0 Å².